The third kappa shape index (κ3) is 6.55. The first-order valence-corrected chi connectivity index (χ1v) is 20.9. The van der Waals surface area contributed by atoms with Gasteiger partial charge in [-0.1, -0.05) is 61.5 Å². The molecule has 4 aromatic rings. The lowest BCUT2D eigenvalue weighted by Crippen LogP contribution is -2.46. The fourth-order valence-electron chi connectivity index (χ4n) is 8.42. The zero-order valence-corrected chi connectivity index (χ0v) is 31.3. The Labute approximate surface area is 313 Å². The Morgan fingerprint density at radius 2 is 1.70 bits per heavy atom. The maximum absolute atomic E-state index is 15.0. The Morgan fingerprint density at radius 1 is 0.981 bits per heavy atom. The molecule has 3 amide bonds. The zero-order valence-electron chi connectivity index (χ0n) is 30.3. The van der Waals surface area contributed by atoms with Gasteiger partial charge < -0.3 is 29.2 Å². The van der Waals surface area contributed by atoms with Crippen LogP contribution >= 0.6 is 0 Å². The minimum absolute atomic E-state index is 0.0467. The highest BCUT2D eigenvalue weighted by Gasteiger charge is 2.66. The second kappa shape index (κ2) is 14.4. The number of hydrogen-bond acceptors (Lipinski definition) is 9. The smallest absolute Gasteiger partial charge is 0.269 e. The molecular weight excluding hydrogens is 709 g/mol. The van der Waals surface area contributed by atoms with E-state index in [9.17, 15) is 29.6 Å². The summed E-state index contributed by atoms with van der Waals surface area (Å²) in [5, 5.41) is 21.9. The van der Waals surface area contributed by atoms with Crippen molar-refractivity contribution in [3.8, 4) is 5.75 Å². The summed E-state index contributed by atoms with van der Waals surface area (Å²) >= 11 is 0. The third-order valence-corrected chi connectivity index (χ3v) is 13.2. The van der Waals surface area contributed by atoms with Gasteiger partial charge in [-0.2, -0.15) is 0 Å². The summed E-state index contributed by atoms with van der Waals surface area (Å²) in [5.41, 5.74) is 0.892. The molecule has 3 heterocycles. The number of rotatable bonds is 11. The number of hydrogen-bond donors (Lipinski definition) is 2. The highest BCUT2D eigenvalue weighted by molar-refractivity contribution is 6.71. The molecule has 2 N–H and O–H groups in total. The minimum Gasteiger partial charge on any atom is -0.482 e. The van der Waals surface area contributed by atoms with Crippen LogP contribution in [0.3, 0.4) is 0 Å². The number of non-ortho nitro benzene ring substituents is 1. The summed E-state index contributed by atoms with van der Waals surface area (Å²) in [6.07, 6.45) is -1.07. The highest BCUT2D eigenvalue weighted by atomic mass is 28.4. The number of benzene rings is 4. The van der Waals surface area contributed by atoms with Gasteiger partial charge >= 0.3 is 0 Å². The van der Waals surface area contributed by atoms with E-state index in [2.05, 4.69) is 0 Å². The van der Waals surface area contributed by atoms with Crippen molar-refractivity contribution in [3.05, 3.63) is 124 Å². The first kappa shape index (κ1) is 36.9. The van der Waals surface area contributed by atoms with Crippen molar-refractivity contribution < 1.29 is 38.7 Å². The van der Waals surface area contributed by atoms with E-state index in [1.54, 1.807) is 48.3 Å². The van der Waals surface area contributed by atoms with Gasteiger partial charge in [0.25, 0.3) is 17.5 Å². The Balaban J connectivity index is 1.24. The van der Waals surface area contributed by atoms with Crippen LogP contribution in [0.2, 0.25) is 18.6 Å². The van der Waals surface area contributed by atoms with E-state index < -0.39 is 42.3 Å². The molecule has 3 aliphatic heterocycles. The van der Waals surface area contributed by atoms with E-state index in [0.29, 0.717) is 33.9 Å². The number of carbonyl (C=O) groups is 3. The Morgan fingerprint density at radius 3 is 2.43 bits per heavy atom. The lowest BCUT2D eigenvalue weighted by molar-refractivity contribution is -0.385. The number of aliphatic hydroxyl groups excluding tert-OH is 1. The Bertz CT molecular complexity index is 2110. The molecule has 14 heteroatoms. The standard InChI is InChI=1S/C40H42N4O9Si/c1-26-38(54(2,3)51)35(22-36(46)41(18-19-45)23-27-10-5-4-6-11-27)53-40(26)31-21-30(44(49)50)16-17-32(31)42(39(40)48)24-28-12-9-13-29(20-28)43-33-14-7-8-15-34(33)52-25-37(43)47/h4-17,20-21,26,35,38,45,51H,18-19,22-25H2,1-3H3/t26-,35+,38-,40+/m1/s1. The van der Waals surface area contributed by atoms with Crippen LogP contribution in [0.4, 0.5) is 22.7 Å². The first-order valence-electron chi connectivity index (χ1n) is 17.9. The van der Waals surface area contributed by atoms with Crippen molar-refractivity contribution in [1.29, 1.82) is 0 Å². The third-order valence-electron chi connectivity index (χ3n) is 10.7. The van der Waals surface area contributed by atoms with Crippen LogP contribution in [0.5, 0.6) is 5.75 Å². The molecule has 0 unspecified atom stereocenters. The van der Waals surface area contributed by atoms with Crippen molar-refractivity contribution in [2.75, 3.05) is 29.6 Å². The number of aliphatic hydroxyl groups is 1. The molecule has 0 aromatic heterocycles. The van der Waals surface area contributed by atoms with E-state index in [4.69, 9.17) is 9.47 Å². The number of carbonyl (C=O) groups excluding carboxylic acids is 3. The van der Waals surface area contributed by atoms with Gasteiger partial charge in [-0.25, -0.2) is 0 Å². The van der Waals surface area contributed by atoms with Crippen LogP contribution in [-0.2, 0) is 37.8 Å². The van der Waals surface area contributed by atoms with Crippen LogP contribution in [0.15, 0.2) is 97.1 Å². The largest absolute Gasteiger partial charge is 0.482 e. The Kier molecular flexibility index (Phi) is 9.87. The van der Waals surface area contributed by atoms with Crippen LogP contribution in [0, 0.1) is 16.0 Å². The number of nitro groups is 1. The molecule has 4 aromatic carbocycles. The quantitative estimate of drug-likeness (QED) is 0.116. The summed E-state index contributed by atoms with van der Waals surface area (Å²) in [5.74, 6) is -1.13. The second-order valence-corrected chi connectivity index (χ2v) is 18.6. The van der Waals surface area contributed by atoms with Crippen molar-refractivity contribution in [3.63, 3.8) is 0 Å². The molecule has 1 spiro atoms. The van der Waals surface area contributed by atoms with Crippen LogP contribution < -0.4 is 14.5 Å². The van der Waals surface area contributed by atoms with Gasteiger partial charge in [-0.15, -0.1) is 0 Å². The summed E-state index contributed by atoms with van der Waals surface area (Å²) in [4.78, 5) is 70.0. The van der Waals surface area contributed by atoms with Crippen LogP contribution in [0.1, 0.15) is 30.0 Å². The number of nitro benzene ring substituents is 1. The number of anilines is 3. The molecule has 7 rings (SSSR count). The number of nitrogens with zero attached hydrogens (tertiary/aromatic N) is 4. The second-order valence-electron chi connectivity index (χ2n) is 14.6. The summed E-state index contributed by atoms with van der Waals surface area (Å²) in [6, 6.07) is 28.1. The number of fused-ring (bicyclic) bond motifs is 3. The first-order chi connectivity index (χ1) is 25.8. The van der Waals surface area contributed by atoms with E-state index in [1.807, 2.05) is 61.5 Å². The summed E-state index contributed by atoms with van der Waals surface area (Å²) in [6.45, 7) is 5.28. The molecule has 1 saturated heterocycles. The average molecular weight is 751 g/mol. The van der Waals surface area contributed by atoms with E-state index in [1.165, 1.54) is 21.9 Å². The predicted octanol–water partition coefficient (Wildman–Crippen LogP) is 5.41. The van der Waals surface area contributed by atoms with Crippen molar-refractivity contribution in [2.45, 2.75) is 56.8 Å². The monoisotopic (exact) mass is 750 g/mol. The summed E-state index contributed by atoms with van der Waals surface area (Å²) < 4.78 is 12.4. The Hall–Kier alpha value is -5.41. The molecule has 4 atom stereocenters. The SMILES string of the molecule is C[C@@H]1[C@@H]([Si](C)(C)O)[C@H](CC(=O)N(CCO)Cc2ccccc2)O[C@@]12C(=O)N(Cc1cccc(N3C(=O)COc4ccccc43)c1)c1ccc([N+](=O)[O-])cc12. The lowest BCUT2D eigenvalue weighted by Gasteiger charge is -2.32. The fourth-order valence-corrected chi connectivity index (χ4v) is 11.0. The molecule has 13 nitrogen and oxygen atoms in total. The van der Waals surface area contributed by atoms with Crippen LogP contribution in [-0.4, -0.2) is 71.6 Å². The maximum atomic E-state index is 15.0. The lowest BCUT2D eigenvalue weighted by atomic mass is 9.82. The minimum atomic E-state index is -3.18. The number of amides is 3. The van der Waals surface area contributed by atoms with Crippen molar-refractivity contribution in [2.24, 2.45) is 5.92 Å². The molecule has 0 bridgehead atoms. The average Bonchev–Trinajstić information content (AvgIpc) is 3.57. The number of ether oxygens (including phenoxy) is 2. The topological polar surface area (TPSA) is 163 Å². The van der Waals surface area contributed by atoms with Gasteiger partial charge in [-0.3, -0.25) is 29.4 Å². The normalized spacial score (nSPS) is 21.9. The van der Waals surface area contributed by atoms with Crippen molar-refractivity contribution in [1.82, 2.24) is 4.90 Å². The van der Waals surface area contributed by atoms with Crippen molar-refractivity contribution >= 4 is 48.8 Å². The molecule has 1 fully saturated rings. The van der Waals surface area contributed by atoms with Gasteiger partial charge in [0.1, 0.15) is 5.75 Å². The molecule has 280 valence electrons. The highest BCUT2D eigenvalue weighted by Crippen LogP contribution is 2.60. The molecule has 0 radical (unpaired) electrons. The van der Waals surface area contributed by atoms with Gasteiger partial charge in [0.2, 0.25) is 5.91 Å². The fraction of sp³-hybridized carbons (Fsp3) is 0.325. The van der Waals surface area contributed by atoms with E-state index in [0.717, 1.165) is 5.56 Å². The molecule has 54 heavy (non-hydrogen) atoms. The van der Waals surface area contributed by atoms with Crippen LogP contribution in [0.25, 0.3) is 0 Å². The molecule has 0 aliphatic carbocycles. The molecule has 0 saturated carbocycles. The van der Waals surface area contributed by atoms with E-state index >= 15 is 4.79 Å². The van der Waals surface area contributed by atoms with Gasteiger partial charge in [0, 0.05) is 47.9 Å². The summed E-state index contributed by atoms with van der Waals surface area (Å²) in [7, 11) is -3.18. The predicted molar refractivity (Wildman–Crippen MR) is 203 cm³/mol. The van der Waals surface area contributed by atoms with Gasteiger partial charge in [0.15, 0.2) is 20.5 Å². The molecular formula is C40H42N4O9Si. The maximum Gasteiger partial charge on any atom is 0.269 e. The van der Waals surface area contributed by atoms with Gasteiger partial charge in [0.05, 0.1) is 42.0 Å². The number of para-hydroxylation sites is 2. The molecule has 3 aliphatic rings. The zero-order chi connectivity index (χ0) is 38.4. The van der Waals surface area contributed by atoms with Gasteiger partial charge in [-0.05, 0) is 54.6 Å². The van der Waals surface area contributed by atoms with E-state index in [-0.39, 0.29) is 56.8 Å².